The Morgan fingerprint density at radius 3 is 2.79 bits per heavy atom. The Morgan fingerprint density at radius 1 is 1.12 bits per heavy atom. The molecule has 0 bridgehead atoms. The summed E-state index contributed by atoms with van der Waals surface area (Å²) in [4.78, 5) is 2.34. The van der Waals surface area contributed by atoms with Crippen molar-refractivity contribution in [3.63, 3.8) is 0 Å². The van der Waals surface area contributed by atoms with Gasteiger partial charge in [0.1, 0.15) is 12.1 Å². The number of nitrogens with zero attached hydrogens (tertiary/aromatic N) is 5. The van der Waals surface area contributed by atoms with E-state index < -0.39 is 10.0 Å². The van der Waals surface area contributed by atoms with Crippen LogP contribution in [0.4, 0.5) is 5.82 Å². The third-order valence-corrected chi connectivity index (χ3v) is 5.57. The van der Waals surface area contributed by atoms with Gasteiger partial charge in [-0.05, 0) is 30.7 Å². The van der Waals surface area contributed by atoms with Crippen molar-refractivity contribution >= 4 is 21.5 Å². The predicted molar refractivity (Wildman–Crippen MR) is 88.2 cm³/mol. The smallest absolute Gasteiger partial charge is 0.240 e. The predicted octanol–water partition coefficient (Wildman–Crippen LogP) is 0.681. The highest BCUT2D eigenvalue weighted by molar-refractivity contribution is 7.89. The molecule has 0 saturated carbocycles. The minimum absolute atomic E-state index is 0.145. The van der Waals surface area contributed by atoms with Crippen molar-refractivity contribution in [1.82, 2.24) is 24.5 Å². The summed E-state index contributed by atoms with van der Waals surface area (Å²) in [7, 11) is -3.50. The van der Waals surface area contributed by atoms with E-state index in [1.165, 1.54) is 0 Å². The van der Waals surface area contributed by atoms with Crippen LogP contribution in [0.15, 0.2) is 53.7 Å². The van der Waals surface area contributed by atoms with E-state index in [4.69, 9.17) is 0 Å². The van der Waals surface area contributed by atoms with Gasteiger partial charge in [-0.2, -0.15) is 4.52 Å². The molecule has 0 radical (unpaired) electrons. The molecule has 24 heavy (non-hydrogen) atoms. The van der Waals surface area contributed by atoms with E-state index in [1.807, 2.05) is 12.1 Å². The minimum atomic E-state index is -3.50. The van der Waals surface area contributed by atoms with Crippen LogP contribution in [0.1, 0.15) is 6.42 Å². The second-order valence-corrected chi connectivity index (χ2v) is 7.41. The van der Waals surface area contributed by atoms with Crippen molar-refractivity contribution in [3.8, 4) is 0 Å². The van der Waals surface area contributed by atoms with Crippen LogP contribution in [0.5, 0.6) is 0 Å². The van der Waals surface area contributed by atoms with E-state index >= 15 is 0 Å². The van der Waals surface area contributed by atoms with Gasteiger partial charge in [-0.25, -0.2) is 13.1 Å². The Morgan fingerprint density at radius 2 is 1.96 bits per heavy atom. The second kappa shape index (κ2) is 5.84. The molecule has 1 unspecified atom stereocenters. The Kier molecular flexibility index (Phi) is 3.66. The number of sulfonamides is 1. The van der Waals surface area contributed by atoms with Crippen LogP contribution in [0.25, 0.3) is 5.65 Å². The van der Waals surface area contributed by atoms with E-state index in [1.54, 1.807) is 41.2 Å². The van der Waals surface area contributed by atoms with E-state index in [-0.39, 0.29) is 10.9 Å². The maximum absolute atomic E-state index is 12.4. The molecule has 2 aromatic heterocycles. The molecule has 1 saturated heterocycles. The molecule has 3 heterocycles. The van der Waals surface area contributed by atoms with Crippen molar-refractivity contribution < 1.29 is 8.42 Å². The van der Waals surface area contributed by atoms with Crippen molar-refractivity contribution in [1.29, 1.82) is 0 Å². The number of hydrogen-bond donors (Lipinski definition) is 1. The topological polar surface area (TPSA) is 92.5 Å². The normalized spacial score (nSPS) is 18.3. The largest absolute Gasteiger partial charge is 0.354 e. The van der Waals surface area contributed by atoms with Crippen molar-refractivity contribution in [2.24, 2.45) is 0 Å². The first-order valence-corrected chi connectivity index (χ1v) is 9.09. The molecule has 1 atom stereocenters. The van der Waals surface area contributed by atoms with Crippen molar-refractivity contribution in [2.75, 3.05) is 18.0 Å². The third-order valence-electron chi connectivity index (χ3n) is 4.04. The number of fused-ring (bicyclic) bond motifs is 1. The summed E-state index contributed by atoms with van der Waals surface area (Å²) in [5.74, 6) is 0.781. The molecule has 8 nitrogen and oxygen atoms in total. The molecule has 0 aliphatic carbocycles. The van der Waals surface area contributed by atoms with Gasteiger partial charge in [0.05, 0.1) is 4.90 Å². The first-order chi connectivity index (χ1) is 11.6. The van der Waals surface area contributed by atoms with E-state index in [0.29, 0.717) is 12.2 Å². The monoisotopic (exact) mass is 344 g/mol. The molecule has 9 heteroatoms. The van der Waals surface area contributed by atoms with Gasteiger partial charge in [0.15, 0.2) is 5.65 Å². The van der Waals surface area contributed by atoms with Crippen LogP contribution in [0, 0.1) is 0 Å². The highest BCUT2D eigenvalue weighted by Crippen LogP contribution is 2.19. The van der Waals surface area contributed by atoms with E-state index in [0.717, 1.165) is 18.8 Å². The maximum Gasteiger partial charge on any atom is 0.240 e. The first kappa shape index (κ1) is 15.0. The van der Waals surface area contributed by atoms with Gasteiger partial charge in [0.25, 0.3) is 0 Å². The molecule has 1 N–H and O–H groups in total. The van der Waals surface area contributed by atoms with Crippen LogP contribution in [-0.4, -0.2) is 47.4 Å². The molecule has 3 aromatic rings. The lowest BCUT2D eigenvalue weighted by Crippen LogP contribution is -2.37. The molecular weight excluding hydrogens is 328 g/mol. The Bertz CT molecular complexity index is 956. The van der Waals surface area contributed by atoms with Gasteiger partial charge < -0.3 is 4.90 Å². The average molecular weight is 344 g/mol. The van der Waals surface area contributed by atoms with Crippen molar-refractivity contribution in [2.45, 2.75) is 17.4 Å². The molecule has 1 aliphatic rings. The van der Waals surface area contributed by atoms with E-state index in [2.05, 4.69) is 24.9 Å². The molecule has 124 valence electrons. The molecule has 0 amide bonds. The number of benzene rings is 1. The fourth-order valence-electron chi connectivity index (χ4n) is 2.84. The zero-order valence-corrected chi connectivity index (χ0v) is 13.6. The summed E-state index contributed by atoms with van der Waals surface area (Å²) in [6.45, 7) is 1.31. The molecule has 1 aliphatic heterocycles. The second-order valence-electron chi connectivity index (χ2n) is 5.69. The lowest BCUT2D eigenvalue weighted by atomic mass is 10.3. The van der Waals surface area contributed by atoms with Gasteiger partial charge in [-0.1, -0.05) is 18.2 Å². The van der Waals surface area contributed by atoms with Crippen molar-refractivity contribution in [3.05, 3.63) is 48.8 Å². The maximum atomic E-state index is 12.4. The lowest BCUT2D eigenvalue weighted by Gasteiger charge is -2.17. The minimum Gasteiger partial charge on any atom is -0.354 e. The zero-order valence-electron chi connectivity index (χ0n) is 12.8. The van der Waals surface area contributed by atoms with Crippen LogP contribution in [-0.2, 0) is 10.0 Å². The Labute approximate surface area is 139 Å². The molecule has 1 aromatic carbocycles. The summed E-state index contributed by atoms with van der Waals surface area (Å²) in [5.41, 5.74) is 0.680. The first-order valence-electron chi connectivity index (χ1n) is 7.61. The Hall–Kier alpha value is -2.52. The fraction of sp³-hybridized carbons (Fsp3) is 0.267. The van der Waals surface area contributed by atoms with Crippen LogP contribution >= 0.6 is 0 Å². The van der Waals surface area contributed by atoms with Gasteiger partial charge in [-0.15, -0.1) is 15.3 Å². The number of anilines is 1. The average Bonchev–Trinajstić information content (AvgIpc) is 3.23. The zero-order chi connectivity index (χ0) is 16.6. The molecule has 1 fully saturated rings. The number of nitrogens with one attached hydrogen (secondary N) is 1. The van der Waals surface area contributed by atoms with Gasteiger partial charge >= 0.3 is 0 Å². The van der Waals surface area contributed by atoms with Crippen LogP contribution in [0.3, 0.4) is 0 Å². The standard InChI is InChI=1S/C15H16N6O2S/c22-24(23,13-4-2-1-3-5-13)19-12-8-9-20(10-12)15-7-6-14-17-16-11-21(14)18-15/h1-7,11-12,19H,8-10H2. The number of hydrogen-bond acceptors (Lipinski definition) is 6. The van der Waals surface area contributed by atoms with Gasteiger partial charge in [0.2, 0.25) is 10.0 Å². The van der Waals surface area contributed by atoms with Crippen LogP contribution in [0.2, 0.25) is 0 Å². The van der Waals surface area contributed by atoms with E-state index in [9.17, 15) is 8.42 Å². The highest BCUT2D eigenvalue weighted by atomic mass is 32.2. The van der Waals surface area contributed by atoms with Crippen LogP contribution < -0.4 is 9.62 Å². The summed E-state index contributed by atoms with van der Waals surface area (Å²) >= 11 is 0. The Balaban J connectivity index is 1.48. The SMILES string of the molecule is O=S(=O)(NC1CCN(c2ccc3nncn3n2)C1)c1ccccc1. The molecule has 0 spiro atoms. The summed E-state index contributed by atoms with van der Waals surface area (Å²) in [5, 5.41) is 12.2. The third kappa shape index (κ3) is 2.83. The fourth-order valence-corrected chi connectivity index (χ4v) is 4.12. The van der Waals surface area contributed by atoms with Gasteiger partial charge in [-0.3, -0.25) is 0 Å². The number of rotatable bonds is 4. The molecule has 4 rings (SSSR count). The summed E-state index contributed by atoms with van der Waals surface area (Å²) in [6, 6.07) is 12.0. The highest BCUT2D eigenvalue weighted by Gasteiger charge is 2.28. The summed E-state index contributed by atoms with van der Waals surface area (Å²) in [6.07, 6.45) is 2.28. The quantitative estimate of drug-likeness (QED) is 0.748. The molecular formula is C15H16N6O2S. The number of aromatic nitrogens is 4. The lowest BCUT2D eigenvalue weighted by molar-refractivity contribution is 0.561. The van der Waals surface area contributed by atoms with Gasteiger partial charge in [0, 0.05) is 19.1 Å². The summed E-state index contributed by atoms with van der Waals surface area (Å²) < 4.78 is 29.2.